The Balaban J connectivity index is 1.90. The first-order chi connectivity index (χ1) is 17.4. The molecule has 0 fully saturated rings. The van der Waals surface area contributed by atoms with Gasteiger partial charge >= 0.3 is 5.97 Å². The molecule has 1 aliphatic heterocycles. The van der Waals surface area contributed by atoms with Crippen LogP contribution in [0.2, 0.25) is 5.02 Å². The zero-order valence-corrected chi connectivity index (χ0v) is 21.5. The van der Waals surface area contributed by atoms with E-state index in [2.05, 4.69) is 23.3 Å². The van der Waals surface area contributed by atoms with Gasteiger partial charge in [-0.3, -0.25) is 4.79 Å². The molecule has 3 rings (SSSR count). The Kier molecular flexibility index (Phi) is 9.62. The highest BCUT2D eigenvalue weighted by molar-refractivity contribution is 8.03. The topological polar surface area (TPSA) is 100 Å². The number of allylic oxidation sites excluding steroid dienone is 2. The van der Waals surface area contributed by atoms with Gasteiger partial charge in [0.1, 0.15) is 12.4 Å². The zero-order chi connectivity index (χ0) is 26.1. The van der Waals surface area contributed by atoms with Gasteiger partial charge in [0.25, 0.3) is 0 Å². The van der Waals surface area contributed by atoms with Crippen molar-refractivity contribution >= 4 is 40.9 Å². The number of dihydropyridines is 1. The van der Waals surface area contributed by atoms with Crippen molar-refractivity contribution in [2.24, 2.45) is 0 Å². The maximum absolute atomic E-state index is 13.0. The number of amides is 1. The van der Waals surface area contributed by atoms with E-state index in [0.29, 0.717) is 44.9 Å². The molecule has 0 spiro atoms. The van der Waals surface area contributed by atoms with Crippen LogP contribution in [0.25, 0.3) is 0 Å². The van der Waals surface area contributed by atoms with Gasteiger partial charge in [-0.25, -0.2) is 4.79 Å². The number of anilines is 1. The second-order valence-corrected chi connectivity index (χ2v) is 9.11. The van der Waals surface area contributed by atoms with Crippen LogP contribution in [-0.4, -0.2) is 30.8 Å². The number of hydrogen-bond acceptors (Lipinski definition) is 7. The van der Waals surface area contributed by atoms with E-state index in [0.717, 1.165) is 5.56 Å². The van der Waals surface area contributed by atoms with E-state index in [-0.39, 0.29) is 18.3 Å². The molecular formula is C27H26ClN3O4S. The third-order valence-electron chi connectivity index (χ3n) is 5.18. The normalized spacial score (nSPS) is 15.0. The molecular weight excluding hydrogens is 498 g/mol. The first-order valence-corrected chi connectivity index (χ1v) is 12.5. The Morgan fingerprint density at radius 2 is 2.03 bits per heavy atom. The van der Waals surface area contributed by atoms with Gasteiger partial charge in [-0.05, 0) is 49.7 Å². The van der Waals surface area contributed by atoms with Gasteiger partial charge in [0.05, 0.1) is 40.5 Å². The van der Waals surface area contributed by atoms with E-state index in [9.17, 15) is 14.9 Å². The summed E-state index contributed by atoms with van der Waals surface area (Å²) < 4.78 is 10.9. The van der Waals surface area contributed by atoms with Gasteiger partial charge in [-0.1, -0.05) is 54.2 Å². The number of carbonyl (C=O) groups excluding carboxylic acids is 2. The fraction of sp³-hybridized carbons (Fsp3) is 0.222. The number of nitriles is 1. The third kappa shape index (κ3) is 6.72. The van der Waals surface area contributed by atoms with Crippen LogP contribution >= 0.6 is 23.4 Å². The van der Waals surface area contributed by atoms with Crippen molar-refractivity contribution < 1.29 is 19.1 Å². The van der Waals surface area contributed by atoms with Crippen molar-refractivity contribution in [3.63, 3.8) is 0 Å². The fourth-order valence-corrected chi connectivity index (χ4v) is 4.75. The van der Waals surface area contributed by atoms with E-state index in [1.54, 1.807) is 43.3 Å². The fourth-order valence-electron chi connectivity index (χ4n) is 3.67. The highest BCUT2D eigenvalue weighted by Gasteiger charge is 2.35. The molecule has 0 unspecified atom stereocenters. The third-order valence-corrected chi connectivity index (χ3v) is 6.43. The lowest BCUT2D eigenvalue weighted by atomic mass is 9.82. The van der Waals surface area contributed by atoms with E-state index in [4.69, 9.17) is 21.1 Å². The van der Waals surface area contributed by atoms with Crippen LogP contribution in [0.1, 0.15) is 25.3 Å². The predicted molar refractivity (Wildman–Crippen MR) is 143 cm³/mol. The molecule has 2 aromatic rings. The summed E-state index contributed by atoms with van der Waals surface area (Å²) >= 11 is 7.17. The summed E-state index contributed by atoms with van der Waals surface area (Å²) in [6.07, 6.45) is 1.48. The number of ether oxygens (including phenoxy) is 2. The number of thioether (sulfide) groups is 1. The highest BCUT2D eigenvalue weighted by atomic mass is 35.5. The Morgan fingerprint density at radius 1 is 1.28 bits per heavy atom. The SMILES string of the molecule is C=CCOC(=O)C1=C(C)NC(SCC(=O)Nc2cccc(Cl)c2)=C(C#N)[C@@H]1c1ccc(OCC)cc1. The maximum atomic E-state index is 13.0. The molecule has 0 aliphatic carbocycles. The van der Waals surface area contributed by atoms with Gasteiger partial charge in [-0.15, -0.1) is 0 Å². The number of rotatable bonds is 10. The maximum Gasteiger partial charge on any atom is 0.337 e. The minimum Gasteiger partial charge on any atom is -0.494 e. The molecule has 9 heteroatoms. The lowest BCUT2D eigenvalue weighted by molar-refractivity contribution is -0.138. The van der Waals surface area contributed by atoms with Gasteiger partial charge in [0.15, 0.2) is 0 Å². The van der Waals surface area contributed by atoms with E-state index < -0.39 is 11.9 Å². The first-order valence-electron chi connectivity index (χ1n) is 11.2. The molecule has 0 saturated heterocycles. The number of hydrogen-bond donors (Lipinski definition) is 2. The van der Waals surface area contributed by atoms with E-state index in [1.165, 1.54) is 17.8 Å². The minimum atomic E-state index is -0.678. The van der Waals surface area contributed by atoms with Crippen LogP contribution in [0, 0.1) is 11.3 Å². The van der Waals surface area contributed by atoms with Crippen LogP contribution in [-0.2, 0) is 14.3 Å². The van der Waals surface area contributed by atoms with E-state index >= 15 is 0 Å². The van der Waals surface area contributed by atoms with Crippen molar-refractivity contribution in [1.29, 1.82) is 5.26 Å². The average Bonchev–Trinajstić information content (AvgIpc) is 2.86. The molecule has 2 aromatic carbocycles. The van der Waals surface area contributed by atoms with Gasteiger partial charge in [0.2, 0.25) is 5.91 Å². The molecule has 7 nitrogen and oxygen atoms in total. The number of esters is 1. The summed E-state index contributed by atoms with van der Waals surface area (Å²) in [5.41, 5.74) is 2.48. The lowest BCUT2D eigenvalue weighted by Crippen LogP contribution is -2.29. The quantitative estimate of drug-likeness (QED) is 0.311. The van der Waals surface area contributed by atoms with Crippen LogP contribution in [0.5, 0.6) is 5.75 Å². The highest BCUT2D eigenvalue weighted by Crippen LogP contribution is 2.41. The molecule has 0 bridgehead atoms. The van der Waals surface area contributed by atoms with Crippen LogP contribution in [0.4, 0.5) is 5.69 Å². The standard InChI is InChI=1S/C27H26ClN3O4S/c1-4-13-35-27(33)24-17(3)30-26(36-16-23(32)31-20-8-6-7-19(28)14-20)22(15-29)25(24)18-9-11-21(12-10-18)34-5-2/h4,6-12,14,25,30H,1,5,13,16H2,2-3H3,(H,31,32)/t25-/m0/s1. The summed E-state index contributed by atoms with van der Waals surface area (Å²) in [5.74, 6) is -0.762. The molecule has 1 heterocycles. The monoisotopic (exact) mass is 523 g/mol. The molecule has 186 valence electrons. The Bertz CT molecular complexity index is 1250. The molecule has 0 saturated carbocycles. The van der Waals surface area contributed by atoms with Crippen LogP contribution in [0.15, 0.2) is 83.1 Å². The summed E-state index contributed by atoms with van der Waals surface area (Å²) in [5, 5.41) is 17.1. The smallest absolute Gasteiger partial charge is 0.337 e. The minimum absolute atomic E-state index is 0.0412. The second kappa shape index (κ2) is 12.9. The summed E-state index contributed by atoms with van der Waals surface area (Å²) in [7, 11) is 0. The number of carbonyl (C=O) groups is 2. The predicted octanol–water partition coefficient (Wildman–Crippen LogP) is 5.54. The Morgan fingerprint density at radius 3 is 2.67 bits per heavy atom. The van der Waals surface area contributed by atoms with Crippen molar-refractivity contribution in [3.8, 4) is 11.8 Å². The van der Waals surface area contributed by atoms with Crippen molar-refractivity contribution in [3.05, 3.63) is 93.6 Å². The van der Waals surface area contributed by atoms with Gasteiger partial charge in [0, 0.05) is 16.4 Å². The summed E-state index contributed by atoms with van der Waals surface area (Å²) in [6, 6.07) is 16.3. The molecule has 36 heavy (non-hydrogen) atoms. The molecule has 2 N–H and O–H groups in total. The van der Waals surface area contributed by atoms with E-state index in [1.807, 2.05) is 19.1 Å². The summed E-state index contributed by atoms with van der Waals surface area (Å²) in [6.45, 7) is 7.79. The second-order valence-electron chi connectivity index (χ2n) is 7.69. The Hall–Kier alpha value is -3.67. The lowest BCUT2D eigenvalue weighted by Gasteiger charge is -2.29. The molecule has 1 aliphatic rings. The number of nitrogens with one attached hydrogen (secondary N) is 2. The Labute approximate surface area is 219 Å². The van der Waals surface area contributed by atoms with Crippen molar-refractivity contribution in [2.75, 3.05) is 24.3 Å². The van der Waals surface area contributed by atoms with Gasteiger partial charge < -0.3 is 20.1 Å². The van der Waals surface area contributed by atoms with Gasteiger partial charge in [-0.2, -0.15) is 5.26 Å². The number of halogens is 1. The zero-order valence-electron chi connectivity index (χ0n) is 20.0. The molecule has 0 radical (unpaired) electrons. The first kappa shape index (κ1) is 26.9. The van der Waals surface area contributed by atoms with Crippen molar-refractivity contribution in [2.45, 2.75) is 19.8 Å². The molecule has 1 atom stereocenters. The summed E-state index contributed by atoms with van der Waals surface area (Å²) in [4.78, 5) is 25.5. The largest absolute Gasteiger partial charge is 0.494 e. The van der Waals surface area contributed by atoms with Crippen LogP contribution in [0.3, 0.4) is 0 Å². The average molecular weight is 524 g/mol. The molecule has 1 amide bonds. The van der Waals surface area contributed by atoms with Crippen LogP contribution < -0.4 is 15.4 Å². The number of benzene rings is 2. The molecule has 0 aromatic heterocycles. The van der Waals surface area contributed by atoms with Crippen molar-refractivity contribution in [1.82, 2.24) is 5.32 Å². The number of nitrogens with zero attached hydrogens (tertiary/aromatic N) is 1.